The number of hydrogen-bond acceptors (Lipinski definition) is 2. The van der Waals surface area contributed by atoms with Crippen LogP contribution in [-0.4, -0.2) is 23.3 Å². The minimum absolute atomic E-state index is 0.441. The molecule has 0 saturated heterocycles. The predicted molar refractivity (Wildman–Crippen MR) is 38.0 cm³/mol. The molecule has 1 unspecified atom stereocenters. The van der Waals surface area contributed by atoms with E-state index in [9.17, 15) is 4.79 Å². The first-order chi connectivity index (χ1) is 4.56. The van der Waals surface area contributed by atoms with Crippen molar-refractivity contribution in [2.75, 3.05) is 6.61 Å². The summed E-state index contributed by atoms with van der Waals surface area (Å²) in [5.74, 6) is -0.892. The molecule has 0 bridgehead atoms. The van der Waals surface area contributed by atoms with Crippen molar-refractivity contribution in [3.63, 3.8) is 0 Å². The lowest BCUT2D eigenvalue weighted by Crippen LogP contribution is -2.37. The average Bonchev–Trinajstić information content (AvgIpc) is 1.88. The van der Waals surface area contributed by atoms with Crippen LogP contribution in [0, 0.1) is 0 Å². The van der Waals surface area contributed by atoms with E-state index in [1.807, 2.05) is 0 Å². The number of carboxylic acid groups (broad SMARTS) is 1. The molecule has 0 aromatic heterocycles. The van der Waals surface area contributed by atoms with Gasteiger partial charge in [-0.1, -0.05) is 6.92 Å². The van der Waals surface area contributed by atoms with Crippen LogP contribution in [0.15, 0.2) is 0 Å². The maximum atomic E-state index is 10.5. The maximum absolute atomic E-state index is 10.5. The molecule has 0 saturated carbocycles. The highest BCUT2D eigenvalue weighted by Crippen LogP contribution is 2.14. The lowest BCUT2D eigenvalue weighted by molar-refractivity contribution is -0.163. The van der Waals surface area contributed by atoms with Crippen molar-refractivity contribution in [3.8, 4) is 0 Å². The van der Waals surface area contributed by atoms with Crippen LogP contribution < -0.4 is 0 Å². The SMILES string of the molecule is CCOC(C)(CC)C(=O)O. The Labute approximate surface area is 61.0 Å². The first-order valence-electron chi connectivity index (χ1n) is 3.44. The summed E-state index contributed by atoms with van der Waals surface area (Å²) in [7, 11) is 0. The van der Waals surface area contributed by atoms with Crippen molar-refractivity contribution in [3.05, 3.63) is 0 Å². The van der Waals surface area contributed by atoms with E-state index in [0.717, 1.165) is 0 Å². The van der Waals surface area contributed by atoms with E-state index in [4.69, 9.17) is 9.84 Å². The van der Waals surface area contributed by atoms with Gasteiger partial charge in [0.25, 0.3) is 0 Å². The molecule has 0 aromatic carbocycles. The molecule has 0 heterocycles. The maximum Gasteiger partial charge on any atom is 0.335 e. The number of hydrogen-bond donors (Lipinski definition) is 1. The summed E-state index contributed by atoms with van der Waals surface area (Å²) >= 11 is 0. The fourth-order valence-corrected chi connectivity index (χ4v) is 0.634. The monoisotopic (exact) mass is 146 g/mol. The number of carbonyl (C=O) groups is 1. The van der Waals surface area contributed by atoms with E-state index in [1.54, 1.807) is 20.8 Å². The van der Waals surface area contributed by atoms with Gasteiger partial charge in [0.05, 0.1) is 0 Å². The van der Waals surface area contributed by atoms with E-state index in [1.165, 1.54) is 0 Å². The second-order valence-corrected chi connectivity index (χ2v) is 2.32. The van der Waals surface area contributed by atoms with E-state index < -0.39 is 11.6 Å². The quantitative estimate of drug-likeness (QED) is 0.649. The fraction of sp³-hybridized carbons (Fsp3) is 0.857. The Balaban J connectivity index is 4.08. The molecule has 1 N–H and O–H groups in total. The van der Waals surface area contributed by atoms with Gasteiger partial charge in [0.1, 0.15) is 0 Å². The van der Waals surface area contributed by atoms with E-state index in [0.29, 0.717) is 13.0 Å². The van der Waals surface area contributed by atoms with Crippen LogP contribution in [0.2, 0.25) is 0 Å². The third kappa shape index (κ3) is 1.99. The average molecular weight is 146 g/mol. The van der Waals surface area contributed by atoms with E-state index in [2.05, 4.69) is 0 Å². The van der Waals surface area contributed by atoms with Gasteiger partial charge in [-0.05, 0) is 20.3 Å². The van der Waals surface area contributed by atoms with Crippen LogP contribution in [0.1, 0.15) is 27.2 Å². The minimum Gasteiger partial charge on any atom is -0.479 e. The fourth-order valence-electron chi connectivity index (χ4n) is 0.634. The molecule has 0 fully saturated rings. The Morgan fingerprint density at radius 2 is 2.10 bits per heavy atom. The molecule has 0 aromatic rings. The predicted octanol–water partition coefficient (Wildman–Crippen LogP) is 1.28. The van der Waals surface area contributed by atoms with E-state index >= 15 is 0 Å². The topological polar surface area (TPSA) is 46.5 Å². The third-order valence-electron chi connectivity index (χ3n) is 1.59. The first-order valence-corrected chi connectivity index (χ1v) is 3.44. The molecule has 0 aliphatic rings. The molecule has 10 heavy (non-hydrogen) atoms. The summed E-state index contributed by atoms with van der Waals surface area (Å²) < 4.78 is 5.04. The van der Waals surface area contributed by atoms with Gasteiger partial charge in [-0.25, -0.2) is 4.79 Å². The van der Waals surface area contributed by atoms with Crippen LogP contribution in [0.4, 0.5) is 0 Å². The zero-order chi connectivity index (χ0) is 8.20. The Morgan fingerprint density at radius 3 is 2.20 bits per heavy atom. The Hall–Kier alpha value is -0.570. The molecule has 60 valence electrons. The summed E-state index contributed by atoms with van der Waals surface area (Å²) in [6.45, 7) is 5.61. The number of ether oxygens (including phenoxy) is 1. The molecule has 0 spiro atoms. The second kappa shape index (κ2) is 3.56. The molecule has 3 heteroatoms. The Kier molecular flexibility index (Phi) is 3.36. The van der Waals surface area contributed by atoms with Crippen molar-refractivity contribution in [1.82, 2.24) is 0 Å². The van der Waals surface area contributed by atoms with Gasteiger partial charge < -0.3 is 9.84 Å². The normalized spacial score (nSPS) is 16.3. The Bertz CT molecular complexity index is 122. The summed E-state index contributed by atoms with van der Waals surface area (Å²) in [6, 6.07) is 0. The number of aliphatic carboxylic acids is 1. The van der Waals surface area contributed by atoms with Gasteiger partial charge >= 0.3 is 5.97 Å². The number of rotatable bonds is 4. The van der Waals surface area contributed by atoms with Crippen LogP contribution in [-0.2, 0) is 9.53 Å². The summed E-state index contributed by atoms with van der Waals surface area (Å²) in [5.41, 5.74) is -0.991. The van der Waals surface area contributed by atoms with Crippen molar-refractivity contribution >= 4 is 5.97 Å². The van der Waals surface area contributed by atoms with Crippen LogP contribution >= 0.6 is 0 Å². The molecule has 0 amide bonds. The summed E-state index contributed by atoms with van der Waals surface area (Å²) in [4.78, 5) is 10.5. The van der Waals surface area contributed by atoms with Gasteiger partial charge in [0.15, 0.2) is 5.60 Å². The zero-order valence-electron chi connectivity index (χ0n) is 6.68. The van der Waals surface area contributed by atoms with Crippen molar-refractivity contribution in [2.24, 2.45) is 0 Å². The van der Waals surface area contributed by atoms with Gasteiger partial charge in [-0.15, -0.1) is 0 Å². The molecule has 0 rings (SSSR count). The molecule has 0 radical (unpaired) electrons. The largest absolute Gasteiger partial charge is 0.479 e. The highest BCUT2D eigenvalue weighted by atomic mass is 16.5. The highest BCUT2D eigenvalue weighted by Gasteiger charge is 2.30. The van der Waals surface area contributed by atoms with Gasteiger partial charge in [-0.3, -0.25) is 0 Å². The van der Waals surface area contributed by atoms with Crippen LogP contribution in [0.5, 0.6) is 0 Å². The van der Waals surface area contributed by atoms with Crippen molar-refractivity contribution in [1.29, 1.82) is 0 Å². The summed E-state index contributed by atoms with van der Waals surface area (Å²) in [5, 5.41) is 8.64. The second-order valence-electron chi connectivity index (χ2n) is 2.32. The summed E-state index contributed by atoms with van der Waals surface area (Å²) in [6.07, 6.45) is 0.496. The molecule has 3 nitrogen and oxygen atoms in total. The lowest BCUT2D eigenvalue weighted by Gasteiger charge is -2.22. The minimum atomic E-state index is -0.991. The molecular weight excluding hydrogens is 132 g/mol. The van der Waals surface area contributed by atoms with Crippen LogP contribution in [0.3, 0.4) is 0 Å². The highest BCUT2D eigenvalue weighted by molar-refractivity contribution is 5.76. The molecular formula is C7H14O3. The van der Waals surface area contributed by atoms with Crippen molar-refractivity contribution in [2.45, 2.75) is 32.8 Å². The smallest absolute Gasteiger partial charge is 0.335 e. The first kappa shape index (κ1) is 9.43. The van der Waals surface area contributed by atoms with Crippen molar-refractivity contribution < 1.29 is 14.6 Å². The van der Waals surface area contributed by atoms with Crippen LogP contribution in [0.25, 0.3) is 0 Å². The molecule has 0 aliphatic heterocycles. The zero-order valence-corrected chi connectivity index (χ0v) is 6.68. The van der Waals surface area contributed by atoms with Gasteiger partial charge in [0, 0.05) is 6.61 Å². The van der Waals surface area contributed by atoms with Gasteiger partial charge in [0.2, 0.25) is 0 Å². The molecule has 1 atom stereocenters. The van der Waals surface area contributed by atoms with E-state index in [-0.39, 0.29) is 0 Å². The lowest BCUT2D eigenvalue weighted by atomic mass is 10.0. The number of carboxylic acids is 1. The third-order valence-corrected chi connectivity index (χ3v) is 1.59. The van der Waals surface area contributed by atoms with Gasteiger partial charge in [-0.2, -0.15) is 0 Å². The standard InChI is InChI=1S/C7H14O3/c1-4-7(3,6(8)9)10-5-2/h4-5H2,1-3H3,(H,8,9). The Morgan fingerprint density at radius 1 is 1.60 bits per heavy atom. The molecule has 0 aliphatic carbocycles.